The first kappa shape index (κ1) is 21.3. The topological polar surface area (TPSA) is 54.9 Å². The van der Waals surface area contributed by atoms with Crippen molar-refractivity contribution >= 4 is 5.91 Å². The smallest absolute Gasteiger partial charge is 0.255 e. The van der Waals surface area contributed by atoms with Crippen LogP contribution >= 0.6 is 0 Å². The fraction of sp³-hybridized carbons (Fsp3) is 0.478. The molecule has 1 aliphatic rings. The summed E-state index contributed by atoms with van der Waals surface area (Å²) in [5.41, 5.74) is 1.72. The zero-order valence-corrected chi connectivity index (χ0v) is 17.6. The number of aromatic nitrogens is 1. The van der Waals surface area contributed by atoms with E-state index in [0.717, 1.165) is 32.7 Å². The number of pyridine rings is 1. The van der Waals surface area contributed by atoms with Crippen LogP contribution in [0.15, 0.2) is 48.7 Å². The van der Waals surface area contributed by atoms with Gasteiger partial charge in [0.25, 0.3) is 5.91 Å². The molecule has 0 radical (unpaired) electrons. The lowest BCUT2D eigenvalue weighted by Gasteiger charge is -2.34. The molecule has 6 heteroatoms. The van der Waals surface area contributed by atoms with Gasteiger partial charge in [0.1, 0.15) is 6.61 Å². The first-order chi connectivity index (χ1) is 13.9. The van der Waals surface area contributed by atoms with Crippen molar-refractivity contribution in [2.75, 3.05) is 39.4 Å². The van der Waals surface area contributed by atoms with Crippen LogP contribution in [0.5, 0.6) is 5.88 Å². The Balaban J connectivity index is 1.43. The van der Waals surface area contributed by atoms with Crippen LogP contribution in [0.25, 0.3) is 0 Å². The summed E-state index contributed by atoms with van der Waals surface area (Å²) in [5, 5.41) is 0. The number of carbonyl (C=O) groups excluding carboxylic acids is 1. The first-order valence-corrected chi connectivity index (χ1v) is 10.2. The molecule has 0 saturated carbocycles. The summed E-state index contributed by atoms with van der Waals surface area (Å²) in [4.78, 5) is 21.3. The molecule has 2 aromatic rings. The van der Waals surface area contributed by atoms with Crippen molar-refractivity contribution in [3.8, 4) is 5.88 Å². The molecule has 29 heavy (non-hydrogen) atoms. The second kappa shape index (κ2) is 9.85. The van der Waals surface area contributed by atoms with Crippen molar-refractivity contribution in [1.29, 1.82) is 0 Å². The number of piperazine rings is 1. The first-order valence-electron chi connectivity index (χ1n) is 10.2. The second-order valence-electron chi connectivity index (χ2n) is 8.25. The lowest BCUT2D eigenvalue weighted by atomic mass is 10.2. The van der Waals surface area contributed by atoms with Crippen LogP contribution in [0, 0.1) is 0 Å². The maximum absolute atomic E-state index is 12.8. The number of amides is 1. The van der Waals surface area contributed by atoms with Gasteiger partial charge in [0.2, 0.25) is 5.88 Å². The zero-order chi connectivity index (χ0) is 20.7. The van der Waals surface area contributed by atoms with E-state index in [4.69, 9.17) is 9.47 Å². The number of hydrogen-bond acceptors (Lipinski definition) is 5. The van der Waals surface area contributed by atoms with Crippen molar-refractivity contribution < 1.29 is 14.3 Å². The molecule has 1 fully saturated rings. The van der Waals surface area contributed by atoms with E-state index in [9.17, 15) is 4.79 Å². The zero-order valence-electron chi connectivity index (χ0n) is 17.6. The van der Waals surface area contributed by atoms with Gasteiger partial charge in [-0.25, -0.2) is 4.98 Å². The highest BCUT2D eigenvalue weighted by Gasteiger charge is 2.22. The van der Waals surface area contributed by atoms with Gasteiger partial charge in [-0.05, 0) is 32.4 Å². The average Bonchev–Trinajstić information content (AvgIpc) is 2.72. The minimum Gasteiger partial charge on any atom is -0.475 e. The molecule has 1 aromatic heterocycles. The van der Waals surface area contributed by atoms with Crippen LogP contribution in [0.3, 0.4) is 0 Å². The highest BCUT2D eigenvalue weighted by Crippen LogP contribution is 2.14. The predicted molar refractivity (Wildman–Crippen MR) is 113 cm³/mol. The molecule has 1 aliphatic heterocycles. The summed E-state index contributed by atoms with van der Waals surface area (Å²) < 4.78 is 11.2. The molecule has 6 nitrogen and oxygen atoms in total. The van der Waals surface area contributed by atoms with Gasteiger partial charge < -0.3 is 14.4 Å². The van der Waals surface area contributed by atoms with Gasteiger partial charge in [-0.1, -0.05) is 30.3 Å². The third-order valence-electron chi connectivity index (χ3n) is 4.76. The molecule has 2 heterocycles. The molecule has 156 valence electrons. The second-order valence-corrected chi connectivity index (χ2v) is 8.25. The van der Waals surface area contributed by atoms with Gasteiger partial charge in [0.15, 0.2) is 0 Å². The Morgan fingerprint density at radius 3 is 2.34 bits per heavy atom. The Labute approximate surface area is 173 Å². The van der Waals surface area contributed by atoms with Crippen molar-refractivity contribution in [3.05, 3.63) is 59.8 Å². The molecular weight excluding hydrogens is 366 g/mol. The van der Waals surface area contributed by atoms with Crippen LogP contribution in [-0.4, -0.2) is 65.7 Å². The van der Waals surface area contributed by atoms with E-state index in [1.165, 1.54) is 5.56 Å². The molecule has 1 aromatic carbocycles. The van der Waals surface area contributed by atoms with E-state index in [-0.39, 0.29) is 11.5 Å². The van der Waals surface area contributed by atoms with E-state index in [1.54, 1.807) is 18.3 Å². The number of benzene rings is 1. The van der Waals surface area contributed by atoms with Crippen LogP contribution < -0.4 is 4.74 Å². The summed E-state index contributed by atoms with van der Waals surface area (Å²) in [6.45, 7) is 11.1. The summed E-state index contributed by atoms with van der Waals surface area (Å²) in [5.74, 6) is 0.534. The maximum atomic E-state index is 12.8. The fourth-order valence-corrected chi connectivity index (χ4v) is 3.22. The SMILES string of the molecule is CC(C)(C)OCCOc1ccc(C(=O)N2CCN(Cc3ccccc3)CC2)cn1. The van der Waals surface area contributed by atoms with Crippen molar-refractivity contribution in [2.45, 2.75) is 32.9 Å². The Morgan fingerprint density at radius 2 is 1.72 bits per heavy atom. The largest absolute Gasteiger partial charge is 0.475 e. The number of rotatable bonds is 7. The Kier molecular flexibility index (Phi) is 7.23. The molecule has 3 rings (SSSR count). The van der Waals surface area contributed by atoms with Gasteiger partial charge in [0.05, 0.1) is 17.8 Å². The Hall–Kier alpha value is -2.44. The minimum absolute atomic E-state index is 0.0273. The summed E-state index contributed by atoms with van der Waals surface area (Å²) >= 11 is 0. The van der Waals surface area contributed by atoms with E-state index < -0.39 is 0 Å². The van der Waals surface area contributed by atoms with Crippen molar-refractivity contribution in [1.82, 2.24) is 14.8 Å². The minimum atomic E-state index is -0.182. The van der Waals surface area contributed by atoms with Crippen LogP contribution in [0.2, 0.25) is 0 Å². The number of hydrogen-bond donors (Lipinski definition) is 0. The van der Waals surface area contributed by atoms with Gasteiger partial charge in [-0.2, -0.15) is 0 Å². The Bertz CT molecular complexity index is 764. The van der Waals surface area contributed by atoms with Crippen LogP contribution in [0.4, 0.5) is 0 Å². The molecular formula is C23H31N3O3. The van der Waals surface area contributed by atoms with Gasteiger partial charge in [0, 0.05) is 45.0 Å². The fourth-order valence-electron chi connectivity index (χ4n) is 3.22. The lowest BCUT2D eigenvalue weighted by molar-refractivity contribution is -0.0168. The molecule has 0 bridgehead atoms. The highest BCUT2D eigenvalue weighted by atomic mass is 16.5. The summed E-state index contributed by atoms with van der Waals surface area (Å²) in [6, 6.07) is 14.0. The van der Waals surface area contributed by atoms with E-state index in [1.807, 2.05) is 31.7 Å². The van der Waals surface area contributed by atoms with Gasteiger partial charge in [-0.3, -0.25) is 9.69 Å². The maximum Gasteiger partial charge on any atom is 0.255 e. The van der Waals surface area contributed by atoms with Crippen molar-refractivity contribution in [3.63, 3.8) is 0 Å². The highest BCUT2D eigenvalue weighted by molar-refractivity contribution is 5.94. The summed E-state index contributed by atoms with van der Waals surface area (Å²) in [6.07, 6.45) is 1.60. The Morgan fingerprint density at radius 1 is 1.00 bits per heavy atom. The van der Waals surface area contributed by atoms with Crippen LogP contribution in [0.1, 0.15) is 36.7 Å². The standard InChI is InChI=1S/C23H31N3O3/c1-23(2,3)29-16-15-28-21-10-9-20(17-24-21)22(27)26-13-11-25(12-14-26)18-19-7-5-4-6-8-19/h4-10,17H,11-16,18H2,1-3H3. The number of nitrogens with zero attached hydrogens (tertiary/aromatic N) is 3. The molecule has 0 atom stereocenters. The molecule has 1 saturated heterocycles. The third kappa shape index (κ3) is 6.84. The number of ether oxygens (including phenoxy) is 2. The monoisotopic (exact) mass is 397 g/mol. The molecule has 1 amide bonds. The van der Waals surface area contributed by atoms with Gasteiger partial charge >= 0.3 is 0 Å². The van der Waals surface area contributed by atoms with Gasteiger partial charge in [-0.15, -0.1) is 0 Å². The lowest BCUT2D eigenvalue weighted by Crippen LogP contribution is -2.48. The molecule has 0 aliphatic carbocycles. The average molecular weight is 398 g/mol. The number of carbonyl (C=O) groups is 1. The van der Waals surface area contributed by atoms with E-state index in [0.29, 0.717) is 24.7 Å². The summed E-state index contributed by atoms with van der Waals surface area (Å²) in [7, 11) is 0. The normalized spacial score (nSPS) is 15.3. The van der Waals surface area contributed by atoms with E-state index in [2.05, 4.69) is 34.1 Å². The van der Waals surface area contributed by atoms with Crippen LogP contribution in [-0.2, 0) is 11.3 Å². The third-order valence-corrected chi connectivity index (χ3v) is 4.76. The molecule has 0 N–H and O–H groups in total. The molecule has 0 spiro atoms. The quantitative estimate of drug-likeness (QED) is 0.672. The van der Waals surface area contributed by atoms with Crippen molar-refractivity contribution in [2.24, 2.45) is 0 Å². The molecule has 0 unspecified atom stereocenters. The van der Waals surface area contributed by atoms with E-state index >= 15 is 0 Å². The predicted octanol–water partition coefficient (Wildman–Crippen LogP) is 3.23.